The summed E-state index contributed by atoms with van der Waals surface area (Å²) in [5.41, 5.74) is 0. The zero-order valence-electron chi connectivity index (χ0n) is 7.68. The van der Waals surface area contributed by atoms with Crippen molar-refractivity contribution < 1.29 is 0 Å². The third-order valence-electron chi connectivity index (χ3n) is 1.78. The van der Waals surface area contributed by atoms with Crippen LogP contribution in [0.3, 0.4) is 0 Å². The fraction of sp³-hybridized carbons (Fsp3) is 0.700. The molecule has 0 aromatic rings. The van der Waals surface area contributed by atoms with Crippen LogP contribution in [0.4, 0.5) is 0 Å². The largest absolute Gasteiger partial charge is 0.300 e. The second-order valence-corrected chi connectivity index (χ2v) is 2.80. The lowest BCUT2D eigenvalue weighted by atomic mass is 10.2. The van der Waals surface area contributed by atoms with Crippen LogP contribution in [0.2, 0.25) is 0 Å². The van der Waals surface area contributed by atoms with Crippen LogP contribution < -0.4 is 0 Å². The van der Waals surface area contributed by atoms with Crippen molar-refractivity contribution >= 4 is 0 Å². The van der Waals surface area contributed by atoms with Crippen molar-refractivity contribution in [2.24, 2.45) is 0 Å². The van der Waals surface area contributed by atoms with Gasteiger partial charge in [0.15, 0.2) is 0 Å². The van der Waals surface area contributed by atoms with Crippen molar-refractivity contribution in [3.8, 4) is 0 Å². The van der Waals surface area contributed by atoms with Gasteiger partial charge in [-0.25, -0.2) is 0 Å². The number of hydrogen-bond donors (Lipinski definition) is 0. The van der Waals surface area contributed by atoms with Crippen LogP contribution in [0.5, 0.6) is 0 Å². The first kappa shape index (κ1) is 10.7. The summed E-state index contributed by atoms with van der Waals surface area (Å²) in [6, 6.07) is 0. The van der Waals surface area contributed by atoms with Gasteiger partial charge in [0.1, 0.15) is 0 Å². The van der Waals surface area contributed by atoms with Gasteiger partial charge >= 0.3 is 0 Å². The summed E-state index contributed by atoms with van der Waals surface area (Å²) in [5, 5.41) is 0. The minimum atomic E-state index is 0.899. The molecule has 0 saturated heterocycles. The normalized spacial score (nSPS) is 10.5. The van der Waals surface area contributed by atoms with E-state index in [9.17, 15) is 0 Å². The van der Waals surface area contributed by atoms with Crippen LogP contribution in [-0.4, -0.2) is 24.5 Å². The molecule has 0 aliphatic carbocycles. The zero-order chi connectivity index (χ0) is 8.53. The quantitative estimate of drug-likeness (QED) is 0.402. The van der Waals surface area contributed by atoms with Crippen molar-refractivity contribution in [1.29, 1.82) is 0 Å². The first-order valence-corrected chi connectivity index (χ1v) is 4.47. The summed E-state index contributed by atoms with van der Waals surface area (Å²) in [4.78, 5) is 2.31. The Bertz CT molecular complexity index is 88.9. The van der Waals surface area contributed by atoms with Crippen LogP contribution in [0.25, 0.3) is 0 Å². The van der Waals surface area contributed by atoms with Crippen molar-refractivity contribution in [2.45, 2.75) is 26.2 Å². The maximum atomic E-state index is 3.86. The van der Waals surface area contributed by atoms with E-state index >= 15 is 0 Å². The molecule has 0 aliphatic rings. The van der Waals surface area contributed by atoms with E-state index in [1.807, 2.05) is 6.08 Å². The summed E-state index contributed by atoms with van der Waals surface area (Å²) in [6.45, 7) is 12.8. The summed E-state index contributed by atoms with van der Waals surface area (Å²) >= 11 is 0. The molecular weight excluding hydrogens is 134 g/mol. The second-order valence-electron chi connectivity index (χ2n) is 2.80. The van der Waals surface area contributed by atoms with Crippen molar-refractivity contribution in [3.63, 3.8) is 0 Å². The van der Waals surface area contributed by atoms with Gasteiger partial charge < -0.3 is 0 Å². The van der Waals surface area contributed by atoms with E-state index in [0.29, 0.717) is 0 Å². The minimum Gasteiger partial charge on any atom is -0.300 e. The van der Waals surface area contributed by atoms with Gasteiger partial charge in [-0.1, -0.05) is 25.8 Å². The molecule has 0 heterocycles. The van der Waals surface area contributed by atoms with E-state index in [2.05, 4.69) is 25.3 Å². The van der Waals surface area contributed by atoms with E-state index in [1.54, 1.807) is 0 Å². The maximum Gasteiger partial charge on any atom is 0.0160 e. The lowest BCUT2D eigenvalue weighted by Gasteiger charge is -2.17. The Hall–Kier alpha value is -0.300. The molecule has 1 nitrogen and oxygen atoms in total. The van der Waals surface area contributed by atoms with E-state index < -0.39 is 0 Å². The molecule has 0 atom stereocenters. The molecule has 1 heteroatoms. The molecule has 0 aromatic carbocycles. The van der Waals surface area contributed by atoms with Gasteiger partial charge in [-0.05, 0) is 26.4 Å². The van der Waals surface area contributed by atoms with Crippen LogP contribution in [0.15, 0.2) is 12.7 Å². The predicted molar refractivity (Wildman–Crippen MR) is 51.5 cm³/mol. The minimum absolute atomic E-state index is 0.899. The number of unbranched alkanes of at least 4 members (excludes halogenated alkanes) is 2. The van der Waals surface area contributed by atoms with E-state index in [1.165, 1.54) is 25.8 Å². The van der Waals surface area contributed by atoms with Crippen molar-refractivity contribution in [3.05, 3.63) is 19.6 Å². The average molecular weight is 154 g/mol. The second kappa shape index (κ2) is 7.80. The zero-order valence-corrected chi connectivity index (χ0v) is 7.68. The highest BCUT2D eigenvalue weighted by Crippen LogP contribution is 1.97. The Balaban J connectivity index is 3.27. The van der Waals surface area contributed by atoms with Crippen molar-refractivity contribution in [1.82, 2.24) is 4.90 Å². The first-order chi connectivity index (χ1) is 5.35. The molecule has 65 valence electrons. The maximum absolute atomic E-state index is 3.86. The SMILES string of the molecule is [CH2]CN(CC=C)CCCCC. The van der Waals surface area contributed by atoms with Gasteiger partial charge in [0.05, 0.1) is 0 Å². The van der Waals surface area contributed by atoms with Gasteiger partial charge in [-0.2, -0.15) is 0 Å². The third-order valence-corrected chi connectivity index (χ3v) is 1.78. The molecule has 1 radical (unpaired) electrons. The highest BCUT2D eigenvalue weighted by Gasteiger charge is 1.97. The standard InChI is InChI=1S/C10H20N/c1-4-7-8-10-11(6-3)9-5-2/h5H,2-4,6-10H2,1H3. The number of hydrogen-bond acceptors (Lipinski definition) is 1. The summed E-state index contributed by atoms with van der Waals surface area (Å²) < 4.78 is 0. The molecule has 0 unspecified atom stereocenters. The molecule has 0 aliphatic heterocycles. The molecule has 11 heavy (non-hydrogen) atoms. The van der Waals surface area contributed by atoms with Crippen molar-refractivity contribution in [2.75, 3.05) is 19.6 Å². The molecule has 0 saturated carbocycles. The molecule has 0 bridgehead atoms. The predicted octanol–water partition coefficient (Wildman–Crippen LogP) is 2.50. The topological polar surface area (TPSA) is 3.24 Å². The van der Waals surface area contributed by atoms with E-state index in [4.69, 9.17) is 0 Å². The summed E-state index contributed by atoms with van der Waals surface area (Å²) in [7, 11) is 0. The molecule has 0 aromatic heterocycles. The molecule has 0 fully saturated rings. The fourth-order valence-corrected chi connectivity index (χ4v) is 1.06. The molecule has 0 rings (SSSR count). The molecular formula is C10H20N. The summed E-state index contributed by atoms with van der Waals surface area (Å²) in [6.07, 6.45) is 5.85. The average Bonchev–Trinajstić information content (AvgIpc) is 2.03. The van der Waals surface area contributed by atoms with E-state index in [0.717, 1.165) is 13.1 Å². The Morgan fingerprint density at radius 1 is 1.36 bits per heavy atom. The monoisotopic (exact) mass is 154 g/mol. The first-order valence-electron chi connectivity index (χ1n) is 4.47. The Morgan fingerprint density at radius 3 is 2.55 bits per heavy atom. The Morgan fingerprint density at radius 2 is 2.09 bits per heavy atom. The summed E-state index contributed by atoms with van der Waals surface area (Å²) in [5.74, 6) is 0. The van der Waals surface area contributed by atoms with Crippen LogP contribution in [-0.2, 0) is 0 Å². The van der Waals surface area contributed by atoms with Gasteiger partial charge in [0.2, 0.25) is 0 Å². The van der Waals surface area contributed by atoms with Crippen LogP contribution in [0, 0.1) is 6.92 Å². The Labute approximate surface area is 71.1 Å². The third kappa shape index (κ3) is 6.11. The van der Waals surface area contributed by atoms with Crippen LogP contribution in [0.1, 0.15) is 26.2 Å². The van der Waals surface area contributed by atoms with Crippen LogP contribution >= 0.6 is 0 Å². The molecule has 0 spiro atoms. The fourth-order valence-electron chi connectivity index (χ4n) is 1.06. The lowest BCUT2D eigenvalue weighted by molar-refractivity contribution is 0.325. The van der Waals surface area contributed by atoms with Gasteiger partial charge in [-0.15, -0.1) is 6.58 Å². The highest BCUT2D eigenvalue weighted by molar-refractivity contribution is 4.73. The number of nitrogens with zero attached hydrogens (tertiary/aromatic N) is 1. The lowest BCUT2D eigenvalue weighted by Crippen LogP contribution is -2.24. The highest BCUT2D eigenvalue weighted by atomic mass is 15.1. The van der Waals surface area contributed by atoms with Gasteiger partial charge in [-0.3, -0.25) is 4.90 Å². The molecule has 0 N–H and O–H groups in total. The van der Waals surface area contributed by atoms with E-state index in [-0.39, 0.29) is 0 Å². The van der Waals surface area contributed by atoms with Gasteiger partial charge in [0, 0.05) is 6.54 Å². The van der Waals surface area contributed by atoms with Gasteiger partial charge in [0.25, 0.3) is 0 Å². The number of rotatable bonds is 7. The Kier molecular flexibility index (Phi) is 7.59. The molecule has 0 amide bonds. The smallest absolute Gasteiger partial charge is 0.0160 e.